The Morgan fingerprint density at radius 3 is 2.47 bits per heavy atom. The second-order valence-electron chi connectivity index (χ2n) is 9.45. The van der Waals surface area contributed by atoms with Crippen molar-refractivity contribution in [3.8, 4) is 5.75 Å². The van der Waals surface area contributed by atoms with Crippen LogP contribution in [0.5, 0.6) is 5.75 Å². The molecule has 0 aliphatic carbocycles. The van der Waals surface area contributed by atoms with Crippen LogP contribution in [0.3, 0.4) is 0 Å². The Morgan fingerprint density at radius 2 is 1.67 bits per heavy atom. The smallest absolute Gasteiger partial charge is 0.344 e. The molecule has 0 radical (unpaired) electrons. The molecule has 0 aliphatic heterocycles. The van der Waals surface area contributed by atoms with Crippen LogP contribution < -0.4 is 9.30 Å². The van der Waals surface area contributed by atoms with Gasteiger partial charge in [-0.15, -0.1) is 0 Å². The van der Waals surface area contributed by atoms with Gasteiger partial charge in [0.15, 0.2) is 12.4 Å². The fourth-order valence-corrected chi connectivity index (χ4v) is 4.55. The lowest BCUT2D eigenvalue weighted by atomic mass is 10.1. The molecule has 0 bridgehead atoms. The number of nitrogens with zero attached hydrogens (tertiary/aromatic N) is 2. The third-order valence-corrected chi connectivity index (χ3v) is 6.51. The fourth-order valence-electron chi connectivity index (χ4n) is 4.55. The van der Waals surface area contributed by atoms with E-state index >= 15 is 0 Å². The van der Waals surface area contributed by atoms with E-state index < -0.39 is 0 Å². The van der Waals surface area contributed by atoms with E-state index in [-0.39, 0.29) is 5.97 Å². The number of fused-ring (bicyclic) bond motifs is 1. The molecule has 2 heterocycles. The third-order valence-electron chi connectivity index (χ3n) is 6.51. The average Bonchev–Trinajstić information content (AvgIpc) is 3.21. The quantitative estimate of drug-likeness (QED) is 0.123. The summed E-state index contributed by atoms with van der Waals surface area (Å²) in [6.07, 6.45) is 10.4. The summed E-state index contributed by atoms with van der Waals surface area (Å²) in [6, 6.07) is 22.6. The fraction of sp³-hybridized carbons (Fsp3) is 0.355. The standard InChI is InChI=1S/C31H37N2O3/c1-25-21-28-22-29(36-24-26-13-8-7-9-14-26)16-17-30(28)33(25)19-10-5-3-4-6-11-20-35-31(34)27-15-12-18-32(2)23-27/h7-9,12-18,21-23H,3-6,10-11,19-20,24H2,1-2H3/q+1. The minimum absolute atomic E-state index is 0.240. The van der Waals surface area contributed by atoms with Gasteiger partial charge in [-0.2, -0.15) is 0 Å². The summed E-state index contributed by atoms with van der Waals surface area (Å²) < 4.78 is 15.7. The number of ether oxygens (including phenoxy) is 2. The van der Waals surface area contributed by atoms with Crippen LogP contribution in [0.15, 0.2) is 79.1 Å². The van der Waals surface area contributed by atoms with Crippen molar-refractivity contribution in [1.29, 1.82) is 0 Å². The maximum absolute atomic E-state index is 12.1. The molecule has 0 aliphatic rings. The number of pyridine rings is 1. The van der Waals surface area contributed by atoms with Gasteiger partial charge in [0.1, 0.15) is 25.0 Å². The van der Waals surface area contributed by atoms with Crippen molar-refractivity contribution < 1.29 is 18.8 Å². The van der Waals surface area contributed by atoms with Crippen molar-refractivity contribution in [2.24, 2.45) is 7.05 Å². The number of benzene rings is 2. The highest BCUT2D eigenvalue weighted by atomic mass is 16.5. The zero-order valence-corrected chi connectivity index (χ0v) is 21.5. The van der Waals surface area contributed by atoms with Crippen molar-refractivity contribution in [1.82, 2.24) is 4.57 Å². The molecule has 36 heavy (non-hydrogen) atoms. The monoisotopic (exact) mass is 485 g/mol. The van der Waals surface area contributed by atoms with Gasteiger partial charge in [-0.05, 0) is 55.7 Å². The van der Waals surface area contributed by atoms with Gasteiger partial charge in [0.05, 0.1) is 6.61 Å². The van der Waals surface area contributed by atoms with Crippen molar-refractivity contribution >= 4 is 16.9 Å². The van der Waals surface area contributed by atoms with E-state index in [2.05, 4.69) is 47.9 Å². The minimum Gasteiger partial charge on any atom is -0.489 e. The summed E-state index contributed by atoms with van der Waals surface area (Å²) in [5.41, 5.74) is 4.34. The van der Waals surface area contributed by atoms with E-state index in [4.69, 9.17) is 9.47 Å². The molecule has 0 unspecified atom stereocenters. The summed E-state index contributed by atoms with van der Waals surface area (Å²) in [5.74, 6) is 0.669. The van der Waals surface area contributed by atoms with Crippen molar-refractivity contribution in [3.05, 3.63) is 95.9 Å². The molecule has 0 N–H and O–H groups in total. The van der Waals surface area contributed by atoms with Crippen LogP contribution >= 0.6 is 0 Å². The predicted octanol–water partition coefficient (Wildman–Crippen LogP) is 6.55. The summed E-state index contributed by atoms with van der Waals surface area (Å²) in [7, 11) is 1.90. The van der Waals surface area contributed by atoms with Gasteiger partial charge in [0, 0.05) is 29.2 Å². The van der Waals surface area contributed by atoms with Crippen LogP contribution in [0.1, 0.15) is 60.1 Å². The number of carbonyl (C=O) groups is 1. The molecule has 5 nitrogen and oxygen atoms in total. The second kappa shape index (κ2) is 12.9. The Balaban J connectivity index is 1.13. The van der Waals surface area contributed by atoms with E-state index in [0.717, 1.165) is 31.6 Å². The molecule has 4 aromatic rings. The lowest BCUT2D eigenvalue weighted by Gasteiger charge is -2.10. The maximum Gasteiger partial charge on any atom is 0.344 e. The number of aryl methyl sites for hydroxylation is 3. The second-order valence-corrected chi connectivity index (χ2v) is 9.45. The summed E-state index contributed by atoms with van der Waals surface area (Å²) in [6.45, 7) is 4.29. The summed E-state index contributed by atoms with van der Waals surface area (Å²) >= 11 is 0. The SMILES string of the molecule is Cc1cc2cc(OCc3ccccc3)ccc2n1CCCCCCCCOC(=O)c1ccc[n+](C)c1. The molecule has 0 saturated heterocycles. The summed E-state index contributed by atoms with van der Waals surface area (Å²) in [5, 5.41) is 1.23. The molecular weight excluding hydrogens is 448 g/mol. The normalized spacial score (nSPS) is 11.1. The first-order valence-electron chi connectivity index (χ1n) is 13.0. The van der Waals surface area contributed by atoms with Crippen LogP contribution in [0.4, 0.5) is 0 Å². The highest BCUT2D eigenvalue weighted by molar-refractivity contribution is 5.88. The highest BCUT2D eigenvalue weighted by Crippen LogP contribution is 2.26. The predicted molar refractivity (Wildman–Crippen MR) is 143 cm³/mol. The first-order valence-corrected chi connectivity index (χ1v) is 13.0. The number of rotatable bonds is 13. The zero-order chi connectivity index (χ0) is 25.2. The van der Waals surface area contributed by atoms with E-state index in [1.54, 1.807) is 12.3 Å². The van der Waals surface area contributed by atoms with Crippen LogP contribution in [0.25, 0.3) is 10.9 Å². The Hall–Kier alpha value is -3.60. The highest BCUT2D eigenvalue weighted by Gasteiger charge is 2.10. The molecule has 0 amide bonds. The van der Waals surface area contributed by atoms with Gasteiger partial charge in [0.25, 0.3) is 0 Å². The topological polar surface area (TPSA) is 44.3 Å². The lowest BCUT2D eigenvalue weighted by Crippen LogP contribution is -2.28. The van der Waals surface area contributed by atoms with Crippen LogP contribution in [0.2, 0.25) is 0 Å². The number of aromatic nitrogens is 2. The molecule has 188 valence electrons. The Bertz CT molecular complexity index is 1260. The number of hydrogen-bond acceptors (Lipinski definition) is 3. The van der Waals surface area contributed by atoms with Crippen molar-refractivity contribution in [2.75, 3.05) is 6.61 Å². The maximum atomic E-state index is 12.1. The van der Waals surface area contributed by atoms with E-state index in [0.29, 0.717) is 18.8 Å². The van der Waals surface area contributed by atoms with Crippen LogP contribution in [0, 0.1) is 6.92 Å². The Kier molecular flexibility index (Phi) is 9.15. The molecule has 0 atom stereocenters. The minimum atomic E-state index is -0.240. The van der Waals surface area contributed by atoms with E-state index in [9.17, 15) is 4.79 Å². The largest absolute Gasteiger partial charge is 0.489 e. The first-order chi connectivity index (χ1) is 17.6. The van der Waals surface area contributed by atoms with Gasteiger partial charge in [-0.25, -0.2) is 9.36 Å². The third kappa shape index (κ3) is 7.20. The molecule has 2 aromatic heterocycles. The van der Waals surface area contributed by atoms with Crippen LogP contribution in [-0.4, -0.2) is 17.1 Å². The van der Waals surface area contributed by atoms with Gasteiger partial charge in [-0.1, -0.05) is 56.0 Å². The number of hydrogen-bond donors (Lipinski definition) is 0. The van der Waals surface area contributed by atoms with Gasteiger partial charge < -0.3 is 14.0 Å². The van der Waals surface area contributed by atoms with Crippen molar-refractivity contribution in [2.45, 2.75) is 58.6 Å². The van der Waals surface area contributed by atoms with Crippen molar-refractivity contribution in [3.63, 3.8) is 0 Å². The van der Waals surface area contributed by atoms with Gasteiger partial charge in [-0.3, -0.25) is 0 Å². The molecule has 0 fully saturated rings. The Morgan fingerprint density at radius 1 is 0.889 bits per heavy atom. The average molecular weight is 486 g/mol. The molecule has 0 spiro atoms. The van der Waals surface area contributed by atoms with Crippen LogP contribution in [-0.2, 0) is 24.9 Å². The summed E-state index contributed by atoms with van der Waals surface area (Å²) in [4.78, 5) is 12.1. The number of esters is 1. The molecular formula is C31H37N2O3+. The molecule has 5 heteroatoms. The zero-order valence-electron chi connectivity index (χ0n) is 21.5. The molecule has 2 aromatic carbocycles. The number of carbonyl (C=O) groups excluding carboxylic acids is 1. The Labute approximate surface area is 214 Å². The van der Waals surface area contributed by atoms with E-state index in [1.165, 1.54) is 41.4 Å². The molecule has 4 rings (SSSR count). The van der Waals surface area contributed by atoms with Gasteiger partial charge in [0.2, 0.25) is 0 Å². The lowest BCUT2D eigenvalue weighted by molar-refractivity contribution is -0.671. The van der Waals surface area contributed by atoms with E-state index in [1.807, 2.05) is 42.1 Å². The number of unbranched alkanes of at least 4 members (excludes halogenated alkanes) is 5. The molecule has 0 saturated carbocycles. The first kappa shape index (κ1) is 25.5. The van der Waals surface area contributed by atoms with Gasteiger partial charge >= 0.3 is 5.97 Å².